The lowest BCUT2D eigenvalue weighted by Crippen LogP contribution is -2.37. The standard InChI is InChI=1S/C16H26N2O3S2/c1-5-12-23(20,21)15-9-7-6-8-14(15)22-13(2)16(19)18(4)11-10-17-3/h6-9,13,17H,5,10-12H2,1-4H3. The summed E-state index contributed by atoms with van der Waals surface area (Å²) >= 11 is 1.30. The first-order valence-corrected chi connectivity index (χ1v) is 10.2. The number of benzene rings is 1. The van der Waals surface area contributed by atoms with Crippen LogP contribution in [-0.4, -0.2) is 57.4 Å². The topological polar surface area (TPSA) is 66.5 Å². The van der Waals surface area contributed by atoms with Gasteiger partial charge in [-0.05, 0) is 32.5 Å². The summed E-state index contributed by atoms with van der Waals surface area (Å²) in [6.45, 7) is 5.00. The van der Waals surface area contributed by atoms with Gasteiger partial charge in [0.2, 0.25) is 5.91 Å². The molecule has 0 spiro atoms. The summed E-state index contributed by atoms with van der Waals surface area (Å²) in [6, 6.07) is 6.91. The maximum atomic E-state index is 12.4. The van der Waals surface area contributed by atoms with Crippen LogP contribution in [0.15, 0.2) is 34.1 Å². The average molecular weight is 359 g/mol. The number of nitrogens with zero attached hydrogens (tertiary/aromatic N) is 1. The second-order valence-corrected chi connectivity index (χ2v) is 8.85. The summed E-state index contributed by atoms with van der Waals surface area (Å²) in [4.78, 5) is 15.0. The van der Waals surface area contributed by atoms with Gasteiger partial charge in [0.05, 0.1) is 15.9 Å². The van der Waals surface area contributed by atoms with Crippen molar-refractivity contribution in [2.45, 2.75) is 35.3 Å². The number of hydrogen-bond acceptors (Lipinski definition) is 5. The molecule has 0 radical (unpaired) electrons. The highest BCUT2D eigenvalue weighted by molar-refractivity contribution is 8.01. The quantitative estimate of drug-likeness (QED) is 0.684. The van der Waals surface area contributed by atoms with Crippen molar-refractivity contribution >= 4 is 27.5 Å². The van der Waals surface area contributed by atoms with Crippen molar-refractivity contribution in [2.75, 3.05) is 32.9 Å². The average Bonchev–Trinajstić information content (AvgIpc) is 2.52. The maximum absolute atomic E-state index is 12.4. The van der Waals surface area contributed by atoms with Crippen molar-refractivity contribution < 1.29 is 13.2 Å². The lowest BCUT2D eigenvalue weighted by molar-refractivity contribution is -0.128. The zero-order chi connectivity index (χ0) is 17.5. The first kappa shape index (κ1) is 20.0. The number of carbonyl (C=O) groups excluding carboxylic acids is 1. The van der Waals surface area contributed by atoms with E-state index in [1.165, 1.54) is 11.8 Å². The predicted molar refractivity (Wildman–Crippen MR) is 95.7 cm³/mol. The van der Waals surface area contributed by atoms with E-state index in [2.05, 4.69) is 5.32 Å². The Morgan fingerprint density at radius 3 is 2.61 bits per heavy atom. The number of amides is 1. The Morgan fingerprint density at radius 1 is 1.35 bits per heavy atom. The van der Waals surface area contributed by atoms with Crippen LogP contribution in [-0.2, 0) is 14.6 Å². The molecular weight excluding hydrogens is 332 g/mol. The van der Waals surface area contributed by atoms with Crippen molar-refractivity contribution in [3.8, 4) is 0 Å². The molecule has 0 fully saturated rings. The summed E-state index contributed by atoms with van der Waals surface area (Å²) < 4.78 is 24.7. The van der Waals surface area contributed by atoms with Crippen molar-refractivity contribution in [1.82, 2.24) is 10.2 Å². The highest BCUT2D eigenvalue weighted by Gasteiger charge is 2.23. The SMILES string of the molecule is CCCS(=O)(=O)c1ccccc1SC(C)C(=O)N(C)CCNC. The fourth-order valence-electron chi connectivity index (χ4n) is 2.12. The molecule has 1 unspecified atom stereocenters. The van der Waals surface area contributed by atoms with Crippen LogP contribution >= 0.6 is 11.8 Å². The molecule has 0 aliphatic rings. The van der Waals surface area contributed by atoms with E-state index < -0.39 is 9.84 Å². The van der Waals surface area contributed by atoms with E-state index in [1.807, 2.05) is 20.9 Å². The Kier molecular flexibility index (Phi) is 8.08. The summed E-state index contributed by atoms with van der Waals surface area (Å²) in [5, 5.41) is 2.67. The summed E-state index contributed by atoms with van der Waals surface area (Å²) in [5.74, 6) is 0.113. The number of rotatable bonds is 9. The molecule has 0 aromatic heterocycles. The number of nitrogens with one attached hydrogen (secondary N) is 1. The number of likely N-dealkylation sites (N-methyl/N-ethyl adjacent to an activating group) is 2. The van der Waals surface area contributed by atoms with Gasteiger partial charge in [0, 0.05) is 25.0 Å². The fourth-order valence-corrected chi connectivity index (χ4v) is 5.07. The summed E-state index contributed by atoms with van der Waals surface area (Å²) in [5.41, 5.74) is 0. The van der Waals surface area contributed by atoms with Crippen LogP contribution in [0.3, 0.4) is 0 Å². The van der Waals surface area contributed by atoms with Gasteiger partial charge in [-0.25, -0.2) is 8.42 Å². The van der Waals surface area contributed by atoms with Gasteiger partial charge in [0.25, 0.3) is 0 Å². The molecule has 5 nitrogen and oxygen atoms in total. The molecule has 23 heavy (non-hydrogen) atoms. The fraction of sp³-hybridized carbons (Fsp3) is 0.562. The van der Waals surface area contributed by atoms with Crippen LogP contribution in [0.2, 0.25) is 0 Å². The molecule has 1 rings (SSSR count). The van der Waals surface area contributed by atoms with Gasteiger partial charge >= 0.3 is 0 Å². The van der Waals surface area contributed by atoms with Gasteiger partial charge in [-0.2, -0.15) is 0 Å². The molecule has 0 saturated heterocycles. The van der Waals surface area contributed by atoms with Crippen molar-refractivity contribution in [3.63, 3.8) is 0 Å². The molecule has 1 amide bonds. The molecular formula is C16H26N2O3S2. The largest absolute Gasteiger partial charge is 0.344 e. The van der Waals surface area contributed by atoms with Crippen LogP contribution in [0.1, 0.15) is 20.3 Å². The lowest BCUT2D eigenvalue weighted by atomic mass is 10.4. The van der Waals surface area contributed by atoms with Gasteiger partial charge in [-0.3, -0.25) is 4.79 Å². The molecule has 0 aliphatic heterocycles. The van der Waals surface area contributed by atoms with E-state index in [9.17, 15) is 13.2 Å². The molecule has 0 heterocycles. The molecule has 0 saturated carbocycles. The van der Waals surface area contributed by atoms with E-state index in [0.29, 0.717) is 22.8 Å². The Hall–Kier alpha value is -1.05. The van der Waals surface area contributed by atoms with Gasteiger partial charge in [0.15, 0.2) is 9.84 Å². The molecule has 130 valence electrons. The molecule has 1 atom stereocenters. The van der Waals surface area contributed by atoms with E-state index in [-0.39, 0.29) is 16.9 Å². The molecule has 0 aliphatic carbocycles. The van der Waals surface area contributed by atoms with Crippen molar-refractivity contribution in [1.29, 1.82) is 0 Å². The highest BCUT2D eigenvalue weighted by atomic mass is 32.2. The third kappa shape index (κ3) is 5.82. The van der Waals surface area contributed by atoms with Gasteiger partial charge in [0.1, 0.15) is 0 Å². The Morgan fingerprint density at radius 2 is 2.00 bits per heavy atom. The monoisotopic (exact) mass is 358 g/mol. The Bertz CT molecular complexity index is 618. The summed E-state index contributed by atoms with van der Waals surface area (Å²) in [6.07, 6.45) is 0.572. The van der Waals surface area contributed by atoms with Crippen LogP contribution in [0.4, 0.5) is 0 Å². The number of hydrogen-bond donors (Lipinski definition) is 1. The number of carbonyl (C=O) groups is 1. The number of thioether (sulfide) groups is 1. The van der Waals surface area contributed by atoms with E-state index in [1.54, 1.807) is 36.2 Å². The zero-order valence-corrected chi connectivity index (χ0v) is 15.8. The van der Waals surface area contributed by atoms with E-state index in [0.717, 1.165) is 6.54 Å². The van der Waals surface area contributed by atoms with E-state index in [4.69, 9.17) is 0 Å². The number of sulfone groups is 1. The Labute approximate surface area is 143 Å². The van der Waals surface area contributed by atoms with E-state index >= 15 is 0 Å². The predicted octanol–water partition coefficient (Wildman–Crippen LogP) is 2.03. The maximum Gasteiger partial charge on any atom is 0.235 e. The third-order valence-electron chi connectivity index (χ3n) is 3.38. The Balaban J connectivity index is 2.91. The van der Waals surface area contributed by atoms with Crippen molar-refractivity contribution in [3.05, 3.63) is 24.3 Å². The van der Waals surface area contributed by atoms with Crippen LogP contribution in [0.25, 0.3) is 0 Å². The third-order valence-corrected chi connectivity index (χ3v) is 6.65. The minimum Gasteiger partial charge on any atom is -0.344 e. The normalized spacial score (nSPS) is 12.9. The van der Waals surface area contributed by atoms with Crippen molar-refractivity contribution in [2.24, 2.45) is 0 Å². The molecule has 1 aromatic rings. The summed E-state index contributed by atoms with van der Waals surface area (Å²) in [7, 11) is 0.297. The smallest absolute Gasteiger partial charge is 0.235 e. The van der Waals surface area contributed by atoms with Gasteiger partial charge in [-0.1, -0.05) is 19.1 Å². The first-order chi connectivity index (χ1) is 10.8. The second-order valence-electron chi connectivity index (χ2n) is 5.39. The zero-order valence-electron chi connectivity index (χ0n) is 14.2. The lowest BCUT2D eigenvalue weighted by Gasteiger charge is -2.21. The van der Waals surface area contributed by atoms with Crippen LogP contribution in [0, 0.1) is 0 Å². The molecule has 0 bridgehead atoms. The van der Waals surface area contributed by atoms with Gasteiger partial charge < -0.3 is 10.2 Å². The first-order valence-electron chi connectivity index (χ1n) is 7.71. The molecule has 1 aromatic carbocycles. The molecule has 1 N–H and O–H groups in total. The van der Waals surface area contributed by atoms with Crippen LogP contribution < -0.4 is 5.32 Å². The second kappa shape index (κ2) is 9.30. The highest BCUT2D eigenvalue weighted by Crippen LogP contribution is 2.31. The molecule has 7 heteroatoms. The minimum absolute atomic E-state index is 0.00653. The van der Waals surface area contributed by atoms with Crippen LogP contribution in [0.5, 0.6) is 0 Å². The minimum atomic E-state index is -3.30. The van der Waals surface area contributed by atoms with Gasteiger partial charge in [-0.15, -0.1) is 11.8 Å².